The van der Waals surface area contributed by atoms with Gasteiger partial charge in [-0.1, -0.05) is 0 Å². The summed E-state index contributed by atoms with van der Waals surface area (Å²) in [7, 11) is 1.57. The molecule has 0 aliphatic heterocycles. The van der Waals surface area contributed by atoms with Gasteiger partial charge < -0.3 is 9.47 Å². The molecule has 0 N–H and O–H groups in total. The van der Waals surface area contributed by atoms with Gasteiger partial charge >= 0.3 is 0 Å². The molecule has 0 atom stereocenters. The van der Waals surface area contributed by atoms with Crippen molar-refractivity contribution in [3.63, 3.8) is 0 Å². The van der Waals surface area contributed by atoms with Crippen molar-refractivity contribution in [2.45, 2.75) is 26.9 Å². The third-order valence-electron chi connectivity index (χ3n) is 2.76. The molecule has 0 fully saturated rings. The van der Waals surface area contributed by atoms with Crippen LogP contribution in [0.5, 0.6) is 11.6 Å². The first kappa shape index (κ1) is 13.3. The molecular weight excluding hydrogens is 242 g/mol. The van der Waals surface area contributed by atoms with Crippen LogP contribution in [-0.4, -0.2) is 24.0 Å². The third kappa shape index (κ3) is 2.67. The Morgan fingerprint density at radius 2 is 2.05 bits per heavy atom. The molecule has 1 aromatic carbocycles. The summed E-state index contributed by atoms with van der Waals surface area (Å²) in [6.07, 6.45) is 1.66. The minimum Gasteiger partial charge on any atom is -0.490 e. The van der Waals surface area contributed by atoms with Crippen molar-refractivity contribution in [1.29, 1.82) is 0 Å². The van der Waals surface area contributed by atoms with E-state index in [1.807, 2.05) is 32.0 Å². The normalized spacial score (nSPS) is 10.8. The zero-order valence-electron chi connectivity index (χ0n) is 11.6. The van der Waals surface area contributed by atoms with Crippen LogP contribution in [-0.2, 0) is 0 Å². The number of ketones is 1. The lowest BCUT2D eigenvalue weighted by molar-refractivity contribution is 0.101. The van der Waals surface area contributed by atoms with Gasteiger partial charge in [0.25, 0.3) is 0 Å². The lowest BCUT2D eigenvalue weighted by Gasteiger charge is -2.14. The molecule has 2 aromatic rings. The van der Waals surface area contributed by atoms with Crippen LogP contribution in [0, 0.1) is 0 Å². The van der Waals surface area contributed by atoms with Crippen LogP contribution in [0.2, 0.25) is 0 Å². The summed E-state index contributed by atoms with van der Waals surface area (Å²) in [5.41, 5.74) is 0.578. The number of aromatic nitrogens is 1. The van der Waals surface area contributed by atoms with E-state index in [9.17, 15) is 4.79 Å². The van der Waals surface area contributed by atoms with Crippen molar-refractivity contribution < 1.29 is 14.3 Å². The summed E-state index contributed by atoms with van der Waals surface area (Å²) in [5, 5.41) is 1.75. The minimum atomic E-state index is -0.0201. The average molecular weight is 259 g/mol. The van der Waals surface area contributed by atoms with Crippen LogP contribution in [0.3, 0.4) is 0 Å². The zero-order valence-corrected chi connectivity index (χ0v) is 11.6. The lowest BCUT2D eigenvalue weighted by Crippen LogP contribution is -2.09. The summed E-state index contributed by atoms with van der Waals surface area (Å²) in [4.78, 5) is 15.9. The Morgan fingerprint density at radius 3 is 2.63 bits per heavy atom. The Bertz CT molecular complexity index is 620. The van der Waals surface area contributed by atoms with Crippen LogP contribution in [0.1, 0.15) is 31.1 Å². The number of hydrogen-bond donors (Lipinski definition) is 0. The fourth-order valence-electron chi connectivity index (χ4n) is 1.96. The highest BCUT2D eigenvalue weighted by atomic mass is 16.5. The van der Waals surface area contributed by atoms with Crippen LogP contribution in [0.4, 0.5) is 0 Å². The van der Waals surface area contributed by atoms with E-state index in [4.69, 9.17) is 9.47 Å². The van der Waals surface area contributed by atoms with Gasteiger partial charge in [0.1, 0.15) is 5.75 Å². The number of Topliss-reactive ketones (excluding diaryl/α,β-unsaturated/α-hetero) is 1. The summed E-state index contributed by atoms with van der Waals surface area (Å²) >= 11 is 0. The number of ether oxygens (including phenoxy) is 2. The third-order valence-corrected chi connectivity index (χ3v) is 2.76. The van der Waals surface area contributed by atoms with Crippen molar-refractivity contribution in [2.75, 3.05) is 7.11 Å². The Balaban J connectivity index is 2.69. The van der Waals surface area contributed by atoms with Gasteiger partial charge in [0.05, 0.1) is 18.8 Å². The molecule has 19 heavy (non-hydrogen) atoms. The number of carbonyl (C=O) groups excluding carboxylic acids is 1. The van der Waals surface area contributed by atoms with Crippen LogP contribution < -0.4 is 9.47 Å². The maximum Gasteiger partial charge on any atom is 0.221 e. The Morgan fingerprint density at radius 1 is 1.32 bits per heavy atom. The van der Waals surface area contributed by atoms with E-state index in [-0.39, 0.29) is 11.9 Å². The first-order chi connectivity index (χ1) is 9.02. The van der Waals surface area contributed by atoms with Gasteiger partial charge in [-0.3, -0.25) is 4.79 Å². The maximum atomic E-state index is 11.7. The Hall–Kier alpha value is -2.10. The molecule has 0 bridgehead atoms. The molecule has 0 saturated carbocycles. The van der Waals surface area contributed by atoms with Crippen LogP contribution >= 0.6 is 0 Å². The van der Waals surface area contributed by atoms with Crippen molar-refractivity contribution in [1.82, 2.24) is 4.98 Å². The number of fused-ring (bicyclic) bond motifs is 1. The van der Waals surface area contributed by atoms with Gasteiger partial charge in [0.2, 0.25) is 5.88 Å². The molecule has 0 saturated heterocycles. The van der Waals surface area contributed by atoms with E-state index in [0.717, 1.165) is 10.8 Å². The molecular formula is C15H17NO3. The topological polar surface area (TPSA) is 48.4 Å². The van der Waals surface area contributed by atoms with E-state index in [1.54, 1.807) is 13.3 Å². The molecule has 4 nitrogen and oxygen atoms in total. The molecule has 0 aliphatic carbocycles. The maximum absolute atomic E-state index is 11.7. The van der Waals surface area contributed by atoms with Crippen molar-refractivity contribution in [2.24, 2.45) is 0 Å². The van der Waals surface area contributed by atoms with Gasteiger partial charge in [0, 0.05) is 11.6 Å². The highest BCUT2D eigenvalue weighted by Crippen LogP contribution is 2.31. The number of pyridine rings is 1. The zero-order chi connectivity index (χ0) is 14.0. The molecule has 4 heteroatoms. The van der Waals surface area contributed by atoms with Gasteiger partial charge in [-0.2, -0.15) is 0 Å². The first-order valence-corrected chi connectivity index (χ1v) is 6.17. The molecule has 0 aliphatic rings. The highest BCUT2D eigenvalue weighted by molar-refractivity contribution is 6.02. The molecule has 2 rings (SSSR count). The first-order valence-electron chi connectivity index (χ1n) is 6.17. The summed E-state index contributed by atoms with van der Waals surface area (Å²) in [5.74, 6) is 1.08. The standard InChI is InChI=1S/C15H17NO3/c1-9(2)19-14-8-13-11(7-12(14)10(3)17)5-6-16-15(13)18-4/h5-9H,1-4H3. The molecule has 1 aromatic heterocycles. The van der Waals surface area contributed by atoms with E-state index >= 15 is 0 Å². The fraction of sp³-hybridized carbons (Fsp3) is 0.333. The number of hydrogen-bond acceptors (Lipinski definition) is 4. The number of rotatable bonds is 4. The average Bonchev–Trinajstić information content (AvgIpc) is 2.36. The van der Waals surface area contributed by atoms with Crippen molar-refractivity contribution in [3.05, 3.63) is 30.0 Å². The molecule has 0 amide bonds. The Labute approximate surface area is 112 Å². The summed E-state index contributed by atoms with van der Waals surface area (Å²) < 4.78 is 10.9. The molecule has 1 heterocycles. The molecule has 0 spiro atoms. The summed E-state index contributed by atoms with van der Waals surface area (Å²) in [6, 6.07) is 5.49. The van der Waals surface area contributed by atoms with Gasteiger partial charge in [-0.05, 0) is 44.4 Å². The van der Waals surface area contributed by atoms with Crippen molar-refractivity contribution >= 4 is 16.6 Å². The smallest absolute Gasteiger partial charge is 0.221 e. The Kier molecular flexibility index (Phi) is 3.69. The van der Waals surface area contributed by atoms with Crippen LogP contribution in [0.15, 0.2) is 24.4 Å². The molecule has 0 radical (unpaired) electrons. The highest BCUT2D eigenvalue weighted by Gasteiger charge is 2.14. The van der Waals surface area contributed by atoms with Crippen molar-refractivity contribution in [3.8, 4) is 11.6 Å². The van der Waals surface area contributed by atoms with Crippen LogP contribution in [0.25, 0.3) is 10.8 Å². The molecule has 0 unspecified atom stereocenters. The number of carbonyl (C=O) groups is 1. The lowest BCUT2D eigenvalue weighted by atomic mass is 10.0. The summed E-state index contributed by atoms with van der Waals surface area (Å²) in [6.45, 7) is 5.38. The predicted octanol–water partition coefficient (Wildman–Crippen LogP) is 3.23. The minimum absolute atomic E-state index is 0.00165. The van der Waals surface area contributed by atoms with Gasteiger partial charge in [0.15, 0.2) is 5.78 Å². The van der Waals surface area contributed by atoms with Gasteiger partial charge in [-0.25, -0.2) is 4.98 Å². The van der Waals surface area contributed by atoms with Gasteiger partial charge in [-0.15, -0.1) is 0 Å². The SMILES string of the molecule is COc1nccc2cc(C(C)=O)c(OC(C)C)cc12. The molecule has 100 valence electrons. The number of nitrogens with zero attached hydrogens (tertiary/aromatic N) is 1. The van der Waals surface area contributed by atoms with E-state index in [2.05, 4.69) is 4.98 Å². The second kappa shape index (κ2) is 5.26. The quantitative estimate of drug-likeness (QED) is 0.791. The van der Waals surface area contributed by atoms with E-state index in [1.165, 1.54) is 6.92 Å². The van der Waals surface area contributed by atoms with E-state index in [0.29, 0.717) is 17.2 Å². The monoisotopic (exact) mass is 259 g/mol. The number of benzene rings is 1. The second-order valence-corrected chi connectivity index (χ2v) is 4.61. The second-order valence-electron chi connectivity index (χ2n) is 4.61. The predicted molar refractivity (Wildman–Crippen MR) is 74.1 cm³/mol. The van der Waals surface area contributed by atoms with E-state index < -0.39 is 0 Å². The fourth-order valence-corrected chi connectivity index (χ4v) is 1.96. The largest absolute Gasteiger partial charge is 0.490 e. The number of methoxy groups -OCH3 is 1.